The number of anilines is 1. The summed E-state index contributed by atoms with van der Waals surface area (Å²) in [5, 5.41) is 7.38. The Morgan fingerprint density at radius 1 is 1.50 bits per heavy atom. The molecule has 1 aliphatic rings. The van der Waals surface area contributed by atoms with Gasteiger partial charge in [0, 0.05) is 11.1 Å². The summed E-state index contributed by atoms with van der Waals surface area (Å²) < 4.78 is 1.06. The van der Waals surface area contributed by atoms with Crippen LogP contribution in [0.3, 0.4) is 0 Å². The summed E-state index contributed by atoms with van der Waals surface area (Å²) in [6.07, 6.45) is 2.21. The number of nitrogens with one attached hydrogen (secondary N) is 2. The minimum absolute atomic E-state index is 0.0230. The molecule has 0 unspecified atom stereocenters. The van der Waals surface area contributed by atoms with E-state index in [2.05, 4.69) is 15.6 Å². The molecular formula is C12H12ClN3OS. The topological polar surface area (TPSA) is 54.0 Å². The highest BCUT2D eigenvalue weighted by molar-refractivity contribution is 7.22. The van der Waals surface area contributed by atoms with Crippen molar-refractivity contribution >= 4 is 44.2 Å². The molecule has 4 nitrogen and oxygen atoms in total. The molecule has 6 heteroatoms. The van der Waals surface area contributed by atoms with Gasteiger partial charge in [0.15, 0.2) is 5.13 Å². The largest absolute Gasteiger partial charge is 0.352 e. The zero-order valence-electron chi connectivity index (χ0n) is 9.57. The first-order valence-corrected chi connectivity index (χ1v) is 6.99. The Morgan fingerprint density at radius 2 is 2.33 bits per heavy atom. The van der Waals surface area contributed by atoms with Crippen molar-refractivity contribution in [3.8, 4) is 0 Å². The summed E-state index contributed by atoms with van der Waals surface area (Å²) >= 11 is 7.42. The quantitative estimate of drug-likeness (QED) is 0.906. The van der Waals surface area contributed by atoms with E-state index in [1.54, 1.807) is 0 Å². The van der Waals surface area contributed by atoms with Gasteiger partial charge in [0.05, 0.1) is 16.8 Å². The third-order valence-electron chi connectivity index (χ3n) is 2.69. The number of hydrogen-bond donors (Lipinski definition) is 2. The van der Waals surface area contributed by atoms with Crippen LogP contribution in [0.2, 0.25) is 5.02 Å². The van der Waals surface area contributed by atoms with Gasteiger partial charge in [0.1, 0.15) is 0 Å². The maximum atomic E-state index is 11.5. The van der Waals surface area contributed by atoms with E-state index in [4.69, 9.17) is 11.6 Å². The normalized spacial score (nSPS) is 14.7. The lowest BCUT2D eigenvalue weighted by Crippen LogP contribution is -2.31. The zero-order chi connectivity index (χ0) is 12.5. The highest BCUT2D eigenvalue weighted by Gasteiger charge is 2.22. The van der Waals surface area contributed by atoms with Crippen LogP contribution in [0.4, 0.5) is 5.13 Å². The standard InChI is InChI=1S/C12H12ClN3OS/c13-7-1-4-10-9(5-7)16-12(18-10)14-6-11(17)15-8-2-3-8/h1,4-5,8H,2-3,6H2,(H,14,16)(H,15,17). The Labute approximate surface area is 113 Å². The first-order valence-electron chi connectivity index (χ1n) is 5.80. The van der Waals surface area contributed by atoms with Crippen LogP contribution in [0.5, 0.6) is 0 Å². The zero-order valence-corrected chi connectivity index (χ0v) is 11.1. The fourth-order valence-corrected chi connectivity index (χ4v) is 2.65. The number of fused-ring (bicyclic) bond motifs is 1. The van der Waals surface area contributed by atoms with E-state index in [0.717, 1.165) is 28.2 Å². The Hall–Kier alpha value is -1.33. The van der Waals surface area contributed by atoms with Crippen LogP contribution in [0.1, 0.15) is 12.8 Å². The molecule has 1 fully saturated rings. The smallest absolute Gasteiger partial charge is 0.239 e. The molecule has 0 saturated heterocycles. The molecule has 2 aromatic rings. The Morgan fingerprint density at radius 3 is 3.11 bits per heavy atom. The van der Waals surface area contributed by atoms with E-state index in [-0.39, 0.29) is 12.5 Å². The van der Waals surface area contributed by atoms with Gasteiger partial charge in [-0.2, -0.15) is 0 Å². The van der Waals surface area contributed by atoms with Crippen molar-refractivity contribution < 1.29 is 4.79 Å². The number of rotatable bonds is 4. The lowest BCUT2D eigenvalue weighted by molar-refractivity contribution is -0.119. The number of carbonyl (C=O) groups is 1. The Kier molecular flexibility index (Phi) is 3.09. The number of halogens is 1. The van der Waals surface area contributed by atoms with Gasteiger partial charge >= 0.3 is 0 Å². The van der Waals surface area contributed by atoms with E-state index in [1.807, 2.05) is 18.2 Å². The molecule has 0 radical (unpaired) electrons. The predicted molar refractivity (Wildman–Crippen MR) is 74.3 cm³/mol. The number of thiazole rings is 1. The fraction of sp³-hybridized carbons (Fsp3) is 0.333. The molecule has 94 valence electrons. The van der Waals surface area contributed by atoms with E-state index in [9.17, 15) is 4.79 Å². The summed E-state index contributed by atoms with van der Waals surface area (Å²) in [6, 6.07) is 5.99. The van der Waals surface area contributed by atoms with Gasteiger partial charge < -0.3 is 10.6 Å². The minimum atomic E-state index is 0.0230. The van der Waals surface area contributed by atoms with E-state index in [1.165, 1.54) is 11.3 Å². The van der Waals surface area contributed by atoms with Crippen LogP contribution in [-0.4, -0.2) is 23.5 Å². The average Bonchev–Trinajstić information content (AvgIpc) is 3.04. The molecule has 3 rings (SSSR count). The highest BCUT2D eigenvalue weighted by atomic mass is 35.5. The van der Waals surface area contributed by atoms with Crippen molar-refractivity contribution in [2.75, 3.05) is 11.9 Å². The second kappa shape index (κ2) is 4.74. The maximum absolute atomic E-state index is 11.5. The second-order valence-corrected chi connectivity index (χ2v) is 5.79. The van der Waals surface area contributed by atoms with Gasteiger partial charge in [-0.3, -0.25) is 4.79 Å². The van der Waals surface area contributed by atoms with Crippen molar-refractivity contribution in [2.24, 2.45) is 0 Å². The maximum Gasteiger partial charge on any atom is 0.239 e. The van der Waals surface area contributed by atoms with Crippen molar-refractivity contribution in [1.29, 1.82) is 0 Å². The van der Waals surface area contributed by atoms with Crippen LogP contribution in [0.25, 0.3) is 10.2 Å². The molecule has 18 heavy (non-hydrogen) atoms. The van der Waals surface area contributed by atoms with Gasteiger partial charge in [-0.05, 0) is 31.0 Å². The molecule has 1 saturated carbocycles. The Balaban J connectivity index is 1.64. The summed E-state index contributed by atoms with van der Waals surface area (Å²) in [5.74, 6) is 0.0230. The molecule has 1 aliphatic carbocycles. The van der Waals surface area contributed by atoms with E-state index >= 15 is 0 Å². The molecule has 1 aromatic heterocycles. The molecule has 0 bridgehead atoms. The first kappa shape index (κ1) is 11.7. The average molecular weight is 282 g/mol. The number of hydrogen-bond acceptors (Lipinski definition) is 4. The molecule has 0 spiro atoms. The third kappa shape index (κ3) is 2.73. The third-order valence-corrected chi connectivity index (χ3v) is 3.92. The van der Waals surface area contributed by atoms with E-state index in [0.29, 0.717) is 11.1 Å². The first-order chi connectivity index (χ1) is 8.70. The second-order valence-electron chi connectivity index (χ2n) is 4.33. The van der Waals surface area contributed by atoms with Crippen molar-refractivity contribution in [3.05, 3.63) is 23.2 Å². The van der Waals surface area contributed by atoms with Gasteiger partial charge in [-0.25, -0.2) is 4.98 Å². The molecular weight excluding hydrogens is 270 g/mol. The highest BCUT2D eigenvalue weighted by Crippen LogP contribution is 2.27. The van der Waals surface area contributed by atoms with Gasteiger partial charge in [0.2, 0.25) is 5.91 Å². The monoisotopic (exact) mass is 281 g/mol. The lowest BCUT2D eigenvalue weighted by atomic mass is 10.3. The SMILES string of the molecule is O=C(CNc1nc2cc(Cl)ccc2s1)NC1CC1. The van der Waals surface area contributed by atoms with Crippen LogP contribution in [0, 0.1) is 0 Å². The van der Waals surface area contributed by atoms with Gasteiger partial charge in [0.25, 0.3) is 0 Å². The van der Waals surface area contributed by atoms with Crippen LogP contribution < -0.4 is 10.6 Å². The molecule has 1 amide bonds. The fourth-order valence-electron chi connectivity index (χ4n) is 1.64. The number of nitrogens with zero attached hydrogens (tertiary/aromatic N) is 1. The van der Waals surface area contributed by atoms with Crippen LogP contribution in [0.15, 0.2) is 18.2 Å². The summed E-state index contributed by atoms with van der Waals surface area (Å²) in [7, 11) is 0. The summed E-state index contributed by atoms with van der Waals surface area (Å²) in [5.41, 5.74) is 0.859. The number of benzene rings is 1. The van der Waals surface area contributed by atoms with Crippen molar-refractivity contribution in [3.63, 3.8) is 0 Å². The van der Waals surface area contributed by atoms with Crippen LogP contribution in [-0.2, 0) is 4.79 Å². The van der Waals surface area contributed by atoms with E-state index < -0.39 is 0 Å². The van der Waals surface area contributed by atoms with Gasteiger partial charge in [-0.15, -0.1) is 0 Å². The van der Waals surface area contributed by atoms with Gasteiger partial charge in [-0.1, -0.05) is 22.9 Å². The van der Waals surface area contributed by atoms with Crippen molar-refractivity contribution in [2.45, 2.75) is 18.9 Å². The molecule has 0 atom stereocenters. The predicted octanol–water partition coefficient (Wildman–Crippen LogP) is 2.64. The summed E-state index contributed by atoms with van der Waals surface area (Å²) in [6.45, 7) is 0.268. The Bertz CT molecular complexity index is 594. The molecule has 1 heterocycles. The lowest BCUT2D eigenvalue weighted by Gasteiger charge is -2.03. The molecule has 2 N–H and O–H groups in total. The van der Waals surface area contributed by atoms with Crippen molar-refractivity contribution in [1.82, 2.24) is 10.3 Å². The minimum Gasteiger partial charge on any atom is -0.352 e. The number of aromatic nitrogens is 1. The number of amides is 1. The molecule has 0 aliphatic heterocycles. The number of carbonyl (C=O) groups excluding carboxylic acids is 1. The van der Waals surface area contributed by atoms with Crippen LogP contribution >= 0.6 is 22.9 Å². The summed E-state index contributed by atoms with van der Waals surface area (Å²) in [4.78, 5) is 15.9. The molecule has 1 aromatic carbocycles.